The Morgan fingerprint density at radius 3 is 2.89 bits per heavy atom. The molecule has 0 unspecified atom stereocenters. The molecule has 0 radical (unpaired) electrons. The molecule has 94 valence electrons. The largest absolute Gasteiger partial charge is 0.438 e. The highest BCUT2D eigenvalue weighted by molar-refractivity contribution is 9.10. The van der Waals surface area contributed by atoms with Gasteiger partial charge in [-0.3, -0.25) is 0 Å². The maximum Gasteiger partial charge on any atom is 0.223 e. The van der Waals surface area contributed by atoms with Gasteiger partial charge >= 0.3 is 0 Å². The van der Waals surface area contributed by atoms with Crippen LogP contribution in [-0.2, 0) is 6.54 Å². The maximum atomic E-state index is 5.88. The van der Waals surface area contributed by atoms with Crippen molar-refractivity contribution in [2.45, 2.75) is 13.5 Å². The Balaban J connectivity index is 2.28. The fourth-order valence-electron chi connectivity index (χ4n) is 1.67. The summed E-state index contributed by atoms with van der Waals surface area (Å²) in [5.74, 6) is 1.48. The van der Waals surface area contributed by atoms with Crippen LogP contribution in [-0.4, -0.2) is 12.0 Å². The summed E-state index contributed by atoms with van der Waals surface area (Å²) < 4.78 is 6.92. The third kappa shape index (κ3) is 3.09. The molecule has 3 nitrogen and oxygen atoms in total. The van der Waals surface area contributed by atoms with Gasteiger partial charge in [0.05, 0.1) is 0 Å². The topological polar surface area (TPSA) is 34.2 Å². The Morgan fingerprint density at radius 2 is 2.17 bits per heavy atom. The third-order valence-electron chi connectivity index (χ3n) is 2.56. The second kappa shape index (κ2) is 5.98. The van der Waals surface area contributed by atoms with Gasteiger partial charge in [-0.2, -0.15) is 0 Å². The molecular formula is C14H15BrN2O. The van der Waals surface area contributed by atoms with E-state index in [-0.39, 0.29) is 0 Å². The van der Waals surface area contributed by atoms with E-state index in [4.69, 9.17) is 4.74 Å². The van der Waals surface area contributed by atoms with Gasteiger partial charge in [0.25, 0.3) is 0 Å². The van der Waals surface area contributed by atoms with Crippen LogP contribution in [0.5, 0.6) is 11.6 Å². The van der Waals surface area contributed by atoms with Crippen molar-refractivity contribution in [1.82, 2.24) is 10.3 Å². The Labute approximate surface area is 115 Å². The molecule has 1 aromatic heterocycles. The van der Waals surface area contributed by atoms with Crippen molar-refractivity contribution in [1.29, 1.82) is 0 Å². The van der Waals surface area contributed by atoms with E-state index in [1.54, 1.807) is 6.20 Å². The Kier molecular flexibility index (Phi) is 4.33. The fourth-order valence-corrected chi connectivity index (χ4v) is 2.15. The summed E-state index contributed by atoms with van der Waals surface area (Å²) in [4.78, 5) is 4.28. The van der Waals surface area contributed by atoms with Gasteiger partial charge in [-0.15, -0.1) is 0 Å². The Hall–Kier alpha value is -1.39. The van der Waals surface area contributed by atoms with Crippen LogP contribution in [0.2, 0.25) is 0 Å². The van der Waals surface area contributed by atoms with Gasteiger partial charge in [0.2, 0.25) is 5.88 Å². The number of aryl methyl sites for hydroxylation is 1. The standard InChI is InChI=1S/C14H15BrN2O/c1-10-8-12(15)5-6-13(10)18-14-11(9-16-2)4-3-7-17-14/h3-8,16H,9H2,1-2H3. The molecule has 1 aromatic carbocycles. The molecule has 18 heavy (non-hydrogen) atoms. The van der Waals surface area contributed by atoms with Crippen LogP contribution in [0.3, 0.4) is 0 Å². The zero-order chi connectivity index (χ0) is 13.0. The number of ether oxygens (including phenoxy) is 1. The molecule has 2 rings (SSSR count). The first kappa shape index (κ1) is 13.1. The first-order valence-electron chi connectivity index (χ1n) is 5.73. The lowest BCUT2D eigenvalue weighted by Gasteiger charge is -2.11. The predicted molar refractivity (Wildman–Crippen MR) is 76.0 cm³/mol. The van der Waals surface area contributed by atoms with E-state index in [9.17, 15) is 0 Å². The van der Waals surface area contributed by atoms with E-state index >= 15 is 0 Å². The molecule has 0 fully saturated rings. The van der Waals surface area contributed by atoms with Crippen LogP contribution in [0.15, 0.2) is 41.0 Å². The van der Waals surface area contributed by atoms with Crippen molar-refractivity contribution in [2.24, 2.45) is 0 Å². The van der Waals surface area contributed by atoms with Crippen LogP contribution < -0.4 is 10.1 Å². The van der Waals surface area contributed by atoms with E-state index in [1.165, 1.54) is 0 Å². The summed E-state index contributed by atoms with van der Waals surface area (Å²) in [6.45, 7) is 2.75. The highest BCUT2D eigenvalue weighted by atomic mass is 79.9. The van der Waals surface area contributed by atoms with Gasteiger partial charge in [-0.05, 0) is 43.8 Å². The van der Waals surface area contributed by atoms with Crippen molar-refractivity contribution in [3.63, 3.8) is 0 Å². The smallest absolute Gasteiger partial charge is 0.223 e. The average molecular weight is 307 g/mol. The number of aromatic nitrogens is 1. The van der Waals surface area contributed by atoms with Crippen molar-refractivity contribution in [3.8, 4) is 11.6 Å². The van der Waals surface area contributed by atoms with E-state index in [0.29, 0.717) is 5.88 Å². The molecule has 0 amide bonds. The number of nitrogens with zero attached hydrogens (tertiary/aromatic N) is 1. The van der Waals surface area contributed by atoms with Crippen LogP contribution in [0.25, 0.3) is 0 Å². The van der Waals surface area contributed by atoms with Crippen LogP contribution in [0.1, 0.15) is 11.1 Å². The van der Waals surface area contributed by atoms with Crippen molar-refractivity contribution in [2.75, 3.05) is 7.05 Å². The molecule has 0 aliphatic rings. The van der Waals surface area contributed by atoms with E-state index in [1.807, 2.05) is 44.3 Å². The summed E-state index contributed by atoms with van der Waals surface area (Å²) in [7, 11) is 1.90. The minimum absolute atomic E-state index is 0.650. The molecule has 4 heteroatoms. The zero-order valence-corrected chi connectivity index (χ0v) is 12.0. The molecule has 0 atom stereocenters. The van der Waals surface area contributed by atoms with Gasteiger partial charge in [0, 0.05) is 22.8 Å². The third-order valence-corrected chi connectivity index (χ3v) is 3.05. The Bertz CT molecular complexity index is 543. The van der Waals surface area contributed by atoms with Crippen LogP contribution in [0.4, 0.5) is 0 Å². The molecule has 1 N–H and O–H groups in total. The number of pyridine rings is 1. The second-order valence-corrected chi connectivity index (χ2v) is 4.93. The number of rotatable bonds is 4. The molecule has 0 aliphatic heterocycles. The van der Waals surface area contributed by atoms with E-state index < -0.39 is 0 Å². The van der Waals surface area contributed by atoms with Gasteiger partial charge in [0.15, 0.2) is 0 Å². The number of halogens is 1. The lowest BCUT2D eigenvalue weighted by molar-refractivity contribution is 0.451. The summed E-state index contributed by atoms with van der Waals surface area (Å²) in [5, 5.41) is 3.11. The number of nitrogens with one attached hydrogen (secondary N) is 1. The van der Waals surface area contributed by atoms with Gasteiger partial charge in [0.1, 0.15) is 5.75 Å². The predicted octanol–water partition coefficient (Wildman–Crippen LogP) is 3.66. The van der Waals surface area contributed by atoms with Gasteiger partial charge < -0.3 is 10.1 Å². The summed E-state index contributed by atoms with van der Waals surface area (Å²) in [6, 6.07) is 9.84. The molecule has 0 spiro atoms. The minimum atomic E-state index is 0.650. The molecule has 0 saturated heterocycles. The van der Waals surface area contributed by atoms with E-state index in [2.05, 4.69) is 26.2 Å². The average Bonchev–Trinajstić information content (AvgIpc) is 2.35. The van der Waals surface area contributed by atoms with Crippen LogP contribution in [0, 0.1) is 6.92 Å². The molecule has 0 saturated carbocycles. The summed E-state index contributed by atoms with van der Waals surface area (Å²) in [5.41, 5.74) is 2.12. The molecule has 2 aromatic rings. The zero-order valence-electron chi connectivity index (χ0n) is 10.4. The quantitative estimate of drug-likeness (QED) is 0.936. The Morgan fingerprint density at radius 1 is 1.33 bits per heavy atom. The number of hydrogen-bond donors (Lipinski definition) is 1. The van der Waals surface area contributed by atoms with Crippen molar-refractivity contribution in [3.05, 3.63) is 52.1 Å². The second-order valence-electron chi connectivity index (χ2n) is 4.01. The van der Waals surface area contributed by atoms with Gasteiger partial charge in [-0.1, -0.05) is 22.0 Å². The normalized spacial score (nSPS) is 10.4. The molecule has 1 heterocycles. The SMILES string of the molecule is CNCc1cccnc1Oc1ccc(Br)cc1C. The lowest BCUT2D eigenvalue weighted by atomic mass is 10.2. The number of benzene rings is 1. The minimum Gasteiger partial charge on any atom is -0.438 e. The van der Waals surface area contributed by atoms with Crippen molar-refractivity contribution >= 4 is 15.9 Å². The molecule has 0 bridgehead atoms. The highest BCUT2D eigenvalue weighted by Gasteiger charge is 2.07. The first-order chi connectivity index (χ1) is 8.70. The molecular weight excluding hydrogens is 292 g/mol. The number of hydrogen-bond acceptors (Lipinski definition) is 3. The summed E-state index contributed by atoms with van der Waals surface area (Å²) in [6.07, 6.45) is 1.74. The van der Waals surface area contributed by atoms with Gasteiger partial charge in [-0.25, -0.2) is 4.98 Å². The van der Waals surface area contributed by atoms with Crippen molar-refractivity contribution < 1.29 is 4.74 Å². The highest BCUT2D eigenvalue weighted by Crippen LogP contribution is 2.28. The summed E-state index contributed by atoms with van der Waals surface area (Å²) >= 11 is 3.44. The fraction of sp³-hybridized carbons (Fsp3) is 0.214. The van der Waals surface area contributed by atoms with E-state index in [0.717, 1.165) is 27.9 Å². The van der Waals surface area contributed by atoms with Crippen LogP contribution >= 0.6 is 15.9 Å². The monoisotopic (exact) mass is 306 g/mol. The molecule has 0 aliphatic carbocycles. The first-order valence-corrected chi connectivity index (χ1v) is 6.52. The maximum absolute atomic E-state index is 5.88. The lowest BCUT2D eigenvalue weighted by Crippen LogP contribution is -2.07.